The lowest BCUT2D eigenvalue weighted by Gasteiger charge is -2.28. The average molecular weight is 340 g/mol. The van der Waals surface area contributed by atoms with Crippen molar-refractivity contribution in [3.8, 4) is 5.75 Å². The molecule has 5 nitrogen and oxygen atoms in total. The number of benzene rings is 1. The third kappa shape index (κ3) is 3.62. The molecule has 0 atom stereocenters. The Morgan fingerprint density at radius 3 is 2.77 bits per heavy atom. The molecule has 0 fully saturated rings. The van der Waals surface area contributed by atoms with Crippen LogP contribution in [0.4, 0.5) is 0 Å². The fraction of sp³-hybridized carbons (Fsp3) is 0.267. The summed E-state index contributed by atoms with van der Waals surface area (Å²) in [6.07, 6.45) is 0.795. The van der Waals surface area contributed by atoms with Gasteiger partial charge in [-0.25, -0.2) is 0 Å². The van der Waals surface area contributed by atoms with E-state index in [1.165, 1.54) is 5.56 Å². The third-order valence-electron chi connectivity index (χ3n) is 3.67. The normalized spacial score (nSPS) is 14.9. The van der Waals surface area contributed by atoms with Crippen LogP contribution in [0.15, 0.2) is 41.2 Å². The molecule has 1 aromatic carbocycles. The van der Waals surface area contributed by atoms with E-state index in [9.17, 15) is 4.79 Å². The van der Waals surface area contributed by atoms with E-state index in [-0.39, 0.29) is 11.3 Å². The van der Waals surface area contributed by atoms with Crippen molar-refractivity contribution in [3.63, 3.8) is 0 Å². The van der Waals surface area contributed by atoms with Crippen molar-refractivity contribution in [1.29, 1.82) is 0 Å². The Kier molecular flexibility index (Phi) is 4.69. The lowest BCUT2D eigenvalue weighted by atomic mass is 10.0. The molecule has 0 unspecified atom stereocenters. The number of hydrogen-bond donors (Lipinski definition) is 1. The van der Waals surface area contributed by atoms with Crippen molar-refractivity contribution < 1.29 is 4.84 Å². The quantitative estimate of drug-likeness (QED) is 0.687. The van der Waals surface area contributed by atoms with Gasteiger partial charge in [0.05, 0.1) is 0 Å². The molecule has 2 heterocycles. The number of aromatic amines is 1. The van der Waals surface area contributed by atoms with Crippen LogP contribution in [0.2, 0.25) is 0 Å². The molecule has 0 saturated heterocycles. The van der Waals surface area contributed by atoms with E-state index in [0.717, 1.165) is 37.3 Å². The fourth-order valence-corrected chi connectivity index (χ4v) is 2.81. The number of rotatable bonds is 4. The summed E-state index contributed by atoms with van der Waals surface area (Å²) >= 11 is 10.8. The van der Waals surface area contributed by atoms with Crippen LogP contribution in [-0.2, 0) is 19.5 Å². The van der Waals surface area contributed by atoms with Gasteiger partial charge < -0.3 is 9.82 Å². The molecule has 2 aromatic rings. The number of hydrogen-bond acceptors (Lipinski definition) is 4. The Balaban J connectivity index is 1.78. The molecule has 22 heavy (non-hydrogen) atoms. The first kappa shape index (κ1) is 15.4. The summed E-state index contributed by atoms with van der Waals surface area (Å²) in [4.78, 5) is 22.0. The van der Waals surface area contributed by atoms with Gasteiger partial charge in [-0.3, -0.25) is 9.69 Å². The van der Waals surface area contributed by atoms with E-state index >= 15 is 0 Å². The highest BCUT2D eigenvalue weighted by Crippen LogP contribution is 2.21. The van der Waals surface area contributed by atoms with Crippen LogP contribution in [0.3, 0.4) is 0 Å². The van der Waals surface area contributed by atoms with Gasteiger partial charge in [0, 0.05) is 59.4 Å². The highest BCUT2D eigenvalue weighted by atomic mass is 35.5. The molecule has 1 N–H and O–H groups in total. The number of halogens is 2. The highest BCUT2D eigenvalue weighted by molar-refractivity contribution is 6.32. The van der Waals surface area contributed by atoms with E-state index in [1.54, 1.807) is 6.07 Å². The van der Waals surface area contributed by atoms with Crippen LogP contribution < -0.4 is 10.4 Å². The maximum atomic E-state index is 11.9. The van der Waals surface area contributed by atoms with Crippen LogP contribution in [0.1, 0.15) is 16.8 Å². The van der Waals surface area contributed by atoms with Crippen LogP contribution in [0.25, 0.3) is 0 Å². The van der Waals surface area contributed by atoms with Crippen LogP contribution in [0, 0.1) is 0 Å². The Morgan fingerprint density at radius 1 is 1.27 bits per heavy atom. The maximum Gasteiger partial charge on any atom is 0.293 e. The minimum absolute atomic E-state index is 0.0883. The molecule has 116 valence electrons. The van der Waals surface area contributed by atoms with Gasteiger partial charge in [-0.15, -0.1) is 0 Å². The molecular weight excluding hydrogens is 325 g/mol. The lowest BCUT2D eigenvalue weighted by Crippen LogP contribution is -2.32. The molecule has 0 spiro atoms. The first-order valence-electron chi connectivity index (χ1n) is 6.93. The number of fused-ring (bicyclic) bond motifs is 1. The van der Waals surface area contributed by atoms with Crippen LogP contribution in [-0.4, -0.2) is 20.5 Å². The second kappa shape index (κ2) is 6.71. The molecule has 0 aliphatic carbocycles. The zero-order chi connectivity index (χ0) is 15.5. The van der Waals surface area contributed by atoms with E-state index in [4.69, 9.17) is 28.4 Å². The van der Waals surface area contributed by atoms with Crippen molar-refractivity contribution in [1.82, 2.24) is 14.0 Å². The molecule has 1 aliphatic heterocycles. The van der Waals surface area contributed by atoms with Crippen molar-refractivity contribution in [2.75, 3.05) is 6.54 Å². The molecule has 3 rings (SSSR count). The Bertz CT molecular complexity index is 704. The Morgan fingerprint density at radius 2 is 2.05 bits per heavy atom. The number of nitrogens with zero attached hydrogens (tertiary/aromatic N) is 2. The third-order valence-corrected chi connectivity index (χ3v) is 3.81. The summed E-state index contributed by atoms with van der Waals surface area (Å²) < 4.78 is 0.474. The van der Waals surface area contributed by atoms with Crippen LogP contribution >= 0.6 is 23.6 Å². The predicted molar refractivity (Wildman–Crippen MR) is 85.5 cm³/mol. The average Bonchev–Trinajstić information content (AvgIpc) is 2.49. The van der Waals surface area contributed by atoms with Crippen molar-refractivity contribution in [2.24, 2.45) is 0 Å². The zero-order valence-electron chi connectivity index (χ0n) is 11.8. The van der Waals surface area contributed by atoms with E-state index in [1.807, 2.05) is 18.2 Å². The largest absolute Gasteiger partial charge is 0.369 e. The predicted octanol–water partition coefficient (Wildman–Crippen LogP) is 2.84. The summed E-state index contributed by atoms with van der Waals surface area (Å²) in [7, 11) is 0. The Hall–Kier alpha value is -1.53. The summed E-state index contributed by atoms with van der Waals surface area (Å²) in [5.41, 5.74) is 2.89. The number of H-pyrrole nitrogens is 1. The first-order valence-corrected chi connectivity index (χ1v) is 7.60. The topological polar surface area (TPSA) is 48.6 Å². The smallest absolute Gasteiger partial charge is 0.293 e. The maximum absolute atomic E-state index is 11.9. The summed E-state index contributed by atoms with van der Waals surface area (Å²) in [5.74, 6) is 0.0883. The van der Waals surface area contributed by atoms with Crippen molar-refractivity contribution in [2.45, 2.75) is 19.5 Å². The molecule has 0 radical (unpaired) electrons. The fourth-order valence-electron chi connectivity index (χ4n) is 2.66. The Labute approximate surface area is 138 Å². The van der Waals surface area contributed by atoms with Gasteiger partial charge >= 0.3 is 0 Å². The zero-order valence-corrected chi connectivity index (χ0v) is 13.3. The van der Waals surface area contributed by atoms with Crippen molar-refractivity contribution >= 4 is 23.6 Å². The van der Waals surface area contributed by atoms with Crippen molar-refractivity contribution in [3.05, 3.63) is 63.6 Å². The van der Waals surface area contributed by atoms with Gasteiger partial charge in [0.15, 0.2) is 0 Å². The monoisotopic (exact) mass is 339 g/mol. The highest BCUT2D eigenvalue weighted by Gasteiger charge is 2.19. The first-order chi connectivity index (χ1) is 10.6. The van der Waals surface area contributed by atoms with E-state index in [2.05, 4.69) is 22.0 Å². The van der Waals surface area contributed by atoms with E-state index < -0.39 is 0 Å². The molecule has 0 saturated carbocycles. The minimum atomic E-state index is -0.332. The second-order valence-corrected chi connectivity index (χ2v) is 5.99. The molecule has 1 aromatic heterocycles. The molecular formula is C15H15Cl2N3O2. The summed E-state index contributed by atoms with van der Waals surface area (Å²) in [5, 5.41) is 0. The number of pyridine rings is 1. The minimum Gasteiger partial charge on any atom is -0.369 e. The summed E-state index contributed by atoms with van der Waals surface area (Å²) in [6.45, 7) is 2.50. The van der Waals surface area contributed by atoms with Gasteiger partial charge in [0.25, 0.3) is 5.56 Å². The summed E-state index contributed by atoms with van der Waals surface area (Å²) in [6, 6.07) is 12.0. The second-order valence-electron chi connectivity index (χ2n) is 5.21. The standard InChI is InChI=1S/C15H15Cl2N3O2/c16-20(17)22-14-8-12-10-19(7-6-13(12)18-15(14)21)9-11-4-2-1-3-5-11/h1-5,8H,6-7,9-10H2,(H,18,21). The van der Waals surface area contributed by atoms with Gasteiger partial charge in [-0.05, 0) is 17.2 Å². The molecule has 7 heteroatoms. The van der Waals surface area contributed by atoms with Gasteiger partial charge in [-0.2, -0.15) is 0 Å². The van der Waals surface area contributed by atoms with Gasteiger partial charge in [0.1, 0.15) is 0 Å². The SMILES string of the molecule is O=c1[nH]c2c(cc1ON(Cl)Cl)CN(Cc1ccccc1)CC2. The van der Waals surface area contributed by atoms with Crippen LogP contribution in [0.5, 0.6) is 5.75 Å². The van der Waals surface area contributed by atoms with Gasteiger partial charge in [0.2, 0.25) is 5.75 Å². The molecule has 0 amide bonds. The molecule has 1 aliphatic rings. The molecule has 0 bridgehead atoms. The lowest BCUT2D eigenvalue weighted by molar-refractivity contribution is 0.133. The number of aromatic nitrogens is 1. The van der Waals surface area contributed by atoms with Gasteiger partial charge in [-0.1, -0.05) is 30.3 Å². The van der Waals surface area contributed by atoms with E-state index in [0.29, 0.717) is 4.10 Å². The number of nitrogens with one attached hydrogen (secondary N) is 1.